The fourth-order valence-electron chi connectivity index (χ4n) is 3.17. The van der Waals surface area contributed by atoms with Gasteiger partial charge in [0.05, 0.1) is 20.6 Å². The standard InChI is InChI=1S/C18H24BrNO2S/c1-7-9-18(10-8-2)15(22)20-12(13(21)17(4,5)6)11(3)14(19)23-16(18)20/h7-8,14,16H,1-2,9-10H2,3-6H3. The van der Waals surface area contributed by atoms with Gasteiger partial charge in [-0.25, -0.2) is 0 Å². The summed E-state index contributed by atoms with van der Waals surface area (Å²) in [6, 6.07) is 0. The average Bonchev–Trinajstić information content (AvgIpc) is 2.47. The zero-order valence-electron chi connectivity index (χ0n) is 14.2. The number of thioether (sulfide) groups is 1. The van der Waals surface area contributed by atoms with Gasteiger partial charge in [-0.15, -0.1) is 24.9 Å². The van der Waals surface area contributed by atoms with Gasteiger partial charge in [-0.2, -0.15) is 0 Å². The maximum Gasteiger partial charge on any atom is 0.237 e. The first-order valence-electron chi connectivity index (χ1n) is 7.72. The second-order valence-corrected chi connectivity index (χ2v) is 9.94. The smallest absolute Gasteiger partial charge is 0.237 e. The number of amides is 1. The number of rotatable bonds is 5. The topological polar surface area (TPSA) is 37.4 Å². The summed E-state index contributed by atoms with van der Waals surface area (Å²) in [6.07, 6.45) is 4.78. The summed E-state index contributed by atoms with van der Waals surface area (Å²) < 4.78 is 0.0344. The summed E-state index contributed by atoms with van der Waals surface area (Å²) in [5, 5.41) is -0.0552. The van der Waals surface area contributed by atoms with E-state index in [1.165, 1.54) is 0 Å². The minimum Gasteiger partial charge on any atom is -0.295 e. The maximum absolute atomic E-state index is 13.0. The molecule has 2 aliphatic heterocycles. The third-order valence-electron chi connectivity index (χ3n) is 4.47. The zero-order chi connectivity index (χ0) is 17.6. The van der Waals surface area contributed by atoms with E-state index in [2.05, 4.69) is 29.1 Å². The van der Waals surface area contributed by atoms with Crippen molar-refractivity contribution in [1.82, 2.24) is 4.90 Å². The third kappa shape index (κ3) is 2.76. The van der Waals surface area contributed by atoms with Crippen LogP contribution in [-0.2, 0) is 9.59 Å². The highest BCUT2D eigenvalue weighted by molar-refractivity contribution is 9.11. The third-order valence-corrected chi connectivity index (χ3v) is 7.32. The van der Waals surface area contributed by atoms with Gasteiger partial charge in [0.1, 0.15) is 0 Å². The van der Waals surface area contributed by atoms with E-state index in [-0.39, 0.29) is 21.2 Å². The number of β-lactam (4-membered cyclic amide) rings is 1. The van der Waals surface area contributed by atoms with Gasteiger partial charge in [0.2, 0.25) is 5.91 Å². The van der Waals surface area contributed by atoms with Gasteiger partial charge in [0, 0.05) is 5.41 Å². The molecular formula is C18H24BrNO2S. The molecule has 2 unspecified atom stereocenters. The molecule has 2 atom stereocenters. The Hall–Kier alpha value is -0.810. The van der Waals surface area contributed by atoms with Crippen LogP contribution in [0.1, 0.15) is 40.5 Å². The Morgan fingerprint density at radius 1 is 1.35 bits per heavy atom. The number of nitrogens with zero attached hydrogens (tertiary/aromatic N) is 1. The zero-order valence-corrected chi connectivity index (χ0v) is 16.6. The van der Waals surface area contributed by atoms with Crippen LogP contribution in [0.4, 0.5) is 0 Å². The summed E-state index contributed by atoms with van der Waals surface area (Å²) in [4.78, 5) is 27.6. The second-order valence-electron chi connectivity index (χ2n) is 7.23. The molecule has 0 radical (unpaired) electrons. The molecule has 3 nitrogen and oxygen atoms in total. The van der Waals surface area contributed by atoms with Crippen molar-refractivity contribution in [2.75, 3.05) is 0 Å². The molecule has 23 heavy (non-hydrogen) atoms. The van der Waals surface area contributed by atoms with Gasteiger partial charge in [-0.3, -0.25) is 14.5 Å². The van der Waals surface area contributed by atoms with Crippen molar-refractivity contribution < 1.29 is 9.59 Å². The predicted octanol–water partition coefficient (Wildman–Crippen LogP) is 4.65. The quantitative estimate of drug-likeness (QED) is 0.384. The Bertz CT molecular complexity index is 593. The summed E-state index contributed by atoms with van der Waals surface area (Å²) in [5.74, 6) is 0.0325. The van der Waals surface area contributed by atoms with Crippen molar-refractivity contribution in [2.45, 2.75) is 50.1 Å². The number of hydrogen-bond donors (Lipinski definition) is 0. The van der Waals surface area contributed by atoms with Crippen molar-refractivity contribution >= 4 is 39.4 Å². The highest BCUT2D eigenvalue weighted by atomic mass is 79.9. The highest BCUT2D eigenvalue weighted by Gasteiger charge is 2.63. The molecule has 1 fully saturated rings. The number of alkyl halides is 1. The highest BCUT2D eigenvalue weighted by Crippen LogP contribution is 2.58. The van der Waals surface area contributed by atoms with Gasteiger partial charge in [0.25, 0.3) is 0 Å². The lowest BCUT2D eigenvalue weighted by molar-refractivity contribution is -0.161. The summed E-state index contributed by atoms with van der Waals surface area (Å²) >= 11 is 5.35. The van der Waals surface area contributed by atoms with Crippen molar-refractivity contribution in [2.24, 2.45) is 10.8 Å². The average molecular weight is 398 g/mol. The Labute approximate surface area is 151 Å². The largest absolute Gasteiger partial charge is 0.295 e. The number of ketones is 1. The fraction of sp³-hybridized carbons (Fsp3) is 0.556. The monoisotopic (exact) mass is 397 g/mol. The van der Waals surface area contributed by atoms with E-state index in [0.717, 1.165) is 5.57 Å². The first-order valence-corrected chi connectivity index (χ1v) is 9.58. The molecule has 0 aromatic heterocycles. The predicted molar refractivity (Wildman–Crippen MR) is 100 cm³/mol. The molecule has 2 heterocycles. The molecule has 0 aromatic carbocycles. The molecule has 2 rings (SSSR count). The molecule has 1 saturated heterocycles. The van der Waals surface area contributed by atoms with E-state index >= 15 is 0 Å². The van der Waals surface area contributed by atoms with Crippen molar-refractivity contribution in [3.63, 3.8) is 0 Å². The van der Waals surface area contributed by atoms with Crippen LogP contribution in [0.3, 0.4) is 0 Å². The Balaban J connectivity index is 2.50. The van der Waals surface area contributed by atoms with Gasteiger partial charge < -0.3 is 0 Å². The number of hydrogen-bond acceptors (Lipinski definition) is 3. The first-order chi connectivity index (χ1) is 10.6. The van der Waals surface area contributed by atoms with Crippen LogP contribution in [0, 0.1) is 10.8 Å². The van der Waals surface area contributed by atoms with Crippen molar-refractivity contribution in [1.29, 1.82) is 0 Å². The van der Waals surface area contributed by atoms with E-state index in [4.69, 9.17) is 0 Å². The van der Waals surface area contributed by atoms with Crippen LogP contribution in [0.2, 0.25) is 0 Å². The molecule has 0 spiro atoms. The Morgan fingerprint density at radius 3 is 2.30 bits per heavy atom. The van der Waals surface area contributed by atoms with Gasteiger partial charge in [-0.1, -0.05) is 48.9 Å². The Kier molecular flexibility index (Phi) is 5.03. The Morgan fingerprint density at radius 2 is 1.87 bits per heavy atom. The molecule has 1 amide bonds. The summed E-state index contributed by atoms with van der Waals surface area (Å²) in [6.45, 7) is 15.2. The fourth-order valence-corrected chi connectivity index (χ4v) is 5.42. The molecule has 0 bridgehead atoms. The van der Waals surface area contributed by atoms with E-state index in [0.29, 0.717) is 18.5 Å². The minimum absolute atomic E-state index is 0.0150. The lowest BCUT2D eigenvalue weighted by Gasteiger charge is -2.59. The molecule has 2 aliphatic rings. The summed E-state index contributed by atoms with van der Waals surface area (Å²) in [7, 11) is 0. The minimum atomic E-state index is -0.524. The number of halogens is 1. The van der Waals surface area contributed by atoms with Gasteiger partial charge in [0.15, 0.2) is 5.78 Å². The van der Waals surface area contributed by atoms with E-state index in [9.17, 15) is 9.59 Å². The molecule has 5 heteroatoms. The molecule has 0 N–H and O–H groups in total. The molecule has 0 aliphatic carbocycles. The number of fused-ring (bicyclic) bond motifs is 1. The van der Waals surface area contributed by atoms with Crippen LogP contribution < -0.4 is 0 Å². The molecular weight excluding hydrogens is 374 g/mol. The van der Waals surface area contributed by atoms with Crippen molar-refractivity contribution in [3.05, 3.63) is 36.6 Å². The van der Waals surface area contributed by atoms with Gasteiger partial charge in [-0.05, 0) is 25.3 Å². The summed E-state index contributed by atoms with van der Waals surface area (Å²) in [5.41, 5.74) is 0.442. The molecule has 126 valence electrons. The number of carbonyl (C=O) groups is 2. The lowest BCUT2D eigenvalue weighted by Crippen LogP contribution is -2.69. The lowest BCUT2D eigenvalue weighted by atomic mass is 9.71. The van der Waals surface area contributed by atoms with Crippen LogP contribution in [0.25, 0.3) is 0 Å². The van der Waals surface area contributed by atoms with Crippen LogP contribution in [0.5, 0.6) is 0 Å². The maximum atomic E-state index is 13.0. The van der Waals surface area contributed by atoms with E-state index in [1.54, 1.807) is 28.8 Å². The van der Waals surface area contributed by atoms with Crippen LogP contribution in [-0.4, -0.2) is 26.1 Å². The van der Waals surface area contributed by atoms with Crippen LogP contribution >= 0.6 is 27.7 Å². The van der Waals surface area contributed by atoms with Crippen LogP contribution in [0.15, 0.2) is 36.6 Å². The number of Topliss-reactive ketones (excluding diaryl/α,β-unsaturated/α-hetero) is 1. The van der Waals surface area contributed by atoms with E-state index < -0.39 is 10.8 Å². The normalized spacial score (nSPS) is 26.5. The molecule has 0 saturated carbocycles. The molecule has 0 aromatic rings. The van der Waals surface area contributed by atoms with E-state index in [1.807, 2.05) is 27.7 Å². The number of allylic oxidation sites excluding steroid dienone is 3. The van der Waals surface area contributed by atoms with Crippen molar-refractivity contribution in [3.8, 4) is 0 Å². The second kappa shape index (κ2) is 6.25. The van der Waals surface area contributed by atoms with Gasteiger partial charge >= 0.3 is 0 Å². The SMILES string of the molecule is C=CCC1(CC=C)C(=O)N2C(C(=O)C(C)(C)C)=C(C)C(Br)SC21. The number of carbonyl (C=O) groups excluding carboxylic acids is 2. The first kappa shape index (κ1) is 18.5.